The Hall–Kier alpha value is -0.950. The van der Waals surface area contributed by atoms with Gasteiger partial charge in [0.2, 0.25) is 11.8 Å². The highest BCUT2D eigenvalue weighted by molar-refractivity contribution is 7.99. The van der Waals surface area contributed by atoms with Crippen molar-refractivity contribution in [2.45, 2.75) is 19.4 Å². The summed E-state index contributed by atoms with van der Waals surface area (Å²) in [4.78, 5) is 23.1. The van der Waals surface area contributed by atoms with E-state index in [-0.39, 0.29) is 30.3 Å². The maximum Gasteiger partial charge on any atom is 0.226 e. The Kier molecular flexibility index (Phi) is 8.03. The second-order valence-corrected chi connectivity index (χ2v) is 6.41. The zero-order valence-electron chi connectivity index (χ0n) is 12.1. The minimum Gasteiger partial charge on any atom is -0.326 e. The molecular formula is C14H19Cl2N3O2S. The second kappa shape index (κ2) is 9.25. The molecule has 1 atom stereocenters. The molecule has 1 heterocycles. The highest BCUT2D eigenvalue weighted by Crippen LogP contribution is 2.26. The fourth-order valence-electron chi connectivity index (χ4n) is 2.08. The summed E-state index contributed by atoms with van der Waals surface area (Å²) in [7, 11) is 0. The number of anilines is 2. The van der Waals surface area contributed by atoms with Gasteiger partial charge in [-0.15, -0.1) is 12.4 Å². The maximum atomic E-state index is 12.1. The molecule has 2 rings (SSSR count). The molecule has 1 unspecified atom stereocenters. The Balaban J connectivity index is 0.00000242. The highest BCUT2D eigenvalue weighted by atomic mass is 35.5. The molecule has 0 spiro atoms. The van der Waals surface area contributed by atoms with Crippen LogP contribution in [0.4, 0.5) is 11.4 Å². The number of rotatable bonds is 4. The maximum absolute atomic E-state index is 12.1. The Bertz CT molecular complexity index is 537. The van der Waals surface area contributed by atoms with Gasteiger partial charge in [0.15, 0.2) is 0 Å². The van der Waals surface area contributed by atoms with E-state index in [2.05, 4.69) is 16.0 Å². The first-order valence-electron chi connectivity index (χ1n) is 6.72. The normalized spacial score (nSPS) is 17.3. The number of hydrogen-bond donors (Lipinski definition) is 3. The molecule has 22 heavy (non-hydrogen) atoms. The Morgan fingerprint density at radius 1 is 1.41 bits per heavy atom. The summed E-state index contributed by atoms with van der Waals surface area (Å²) < 4.78 is 0. The molecule has 1 fully saturated rings. The lowest BCUT2D eigenvalue weighted by atomic mass is 10.2. The summed E-state index contributed by atoms with van der Waals surface area (Å²) in [5.74, 6) is 1.77. The molecule has 0 saturated carbocycles. The zero-order valence-corrected chi connectivity index (χ0v) is 14.5. The third-order valence-corrected chi connectivity index (χ3v) is 4.45. The minimum absolute atomic E-state index is 0. The van der Waals surface area contributed by atoms with E-state index < -0.39 is 0 Å². The number of carbonyl (C=O) groups excluding carboxylic acids is 2. The van der Waals surface area contributed by atoms with Gasteiger partial charge < -0.3 is 16.0 Å². The lowest BCUT2D eigenvalue weighted by molar-refractivity contribution is -0.116. The Morgan fingerprint density at radius 3 is 2.82 bits per heavy atom. The molecule has 1 aromatic rings. The van der Waals surface area contributed by atoms with Gasteiger partial charge in [0.25, 0.3) is 0 Å². The van der Waals surface area contributed by atoms with Crippen molar-refractivity contribution in [2.75, 3.05) is 28.7 Å². The molecule has 1 aromatic carbocycles. The van der Waals surface area contributed by atoms with Crippen LogP contribution in [0.1, 0.15) is 13.3 Å². The number of benzene rings is 1. The molecule has 0 radical (unpaired) electrons. The van der Waals surface area contributed by atoms with Gasteiger partial charge in [-0.2, -0.15) is 11.8 Å². The van der Waals surface area contributed by atoms with Gasteiger partial charge in [0.05, 0.1) is 10.7 Å². The van der Waals surface area contributed by atoms with Crippen LogP contribution in [0.15, 0.2) is 18.2 Å². The first kappa shape index (κ1) is 19.1. The van der Waals surface area contributed by atoms with E-state index in [0.717, 1.165) is 18.1 Å². The largest absolute Gasteiger partial charge is 0.326 e. The van der Waals surface area contributed by atoms with Crippen molar-refractivity contribution in [2.24, 2.45) is 0 Å². The van der Waals surface area contributed by atoms with Crippen molar-refractivity contribution in [3.8, 4) is 0 Å². The van der Waals surface area contributed by atoms with Crippen LogP contribution < -0.4 is 16.0 Å². The number of halogens is 2. The number of nitrogens with one attached hydrogen (secondary N) is 3. The van der Waals surface area contributed by atoms with Crippen LogP contribution in [0, 0.1) is 0 Å². The third-order valence-electron chi connectivity index (χ3n) is 2.99. The molecule has 0 aliphatic carbocycles. The monoisotopic (exact) mass is 363 g/mol. The van der Waals surface area contributed by atoms with Gasteiger partial charge in [-0.3, -0.25) is 9.59 Å². The van der Waals surface area contributed by atoms with Crippen LogP contribution in [-0.2, 0) is 9.59 Å². The molecule has 3 N–H and O–H groups in total. The molecule has 2 amide bonds. The summed E-state index contributed by atoms with van der Waals surface area (Å²) in [5, 5.41) is 9.23. The van der Waals surface area contributed by atoms with Crippen LogP contribution in [0.3, 0.4) is 0 Å². The number of thioether (sulfide) groups is 1. The lowest BCUT2D eigenvalue weighted by Crippen LogP contribution is -2.39. The van der Waals surface area contributed by atoms with Crippen LogP contribution in [0.25, 0.3) is 0 Å². The number of amides is 2. The highest BCUT2D eigenvalue weighted by Gasteiger charge is 2.17. The molecular weight excluding hydrogens is 345 g/mol. The fourth-order valence-corrected chi connectivity index (χ4v) is 3.19. The number of hydrogen-bond acceptors (Lipinski definition) is 4. The van der Waals surface area contributed by atoms with Crippen molar-refractivity contribution in [1.82, 2.24) is 5.32 Å². The topological polar surface area (TPSA) is 70.2 Å². The quantitative estimate of drug-likeness (QED) is 0.769. The summed E-state index contributed by atoms with van der Waals surface area (Å²) >= 11 is 7.92. The molecule has 1 saturated heterocycles. The van der Waals surface area contributed by atoms with E-state index >= 15 is 0 Å². The smallest absolute Gasteiger partial charge is 0.226 e. The van der Waals surface area contributed by atoms with Gasteiger partial charge in [-0.1, -0.05) is 11.6 Å². The Morgan fingerprint density at radius 2 is 2.18 bits per heavy atom. The zero-order chi connectivity index (χ0) is 15.2. The van der Waals surface area contributed by atoms with Crippen molar-refractivity contribution >= 4 is 59.0 Å². The van der Waals surface area contributed by atoms with Crippen molar-refractivity contribution in [3.05, 3.63) is 23.2 Å². The van der Waals surface area contributed by atoms with Gasteiger partial charge in [-0.25, -0.2) is 0 Å². The standard InChI is InChI=1S/C14H18ClN3O2S.ClH/c1-9(19)17-10-2-3-12(15)13(6-10)18-14(20)7-11-8-21-5-4-16-11;/h2-3,6,11,16H,4-5,7-8H2,1H3,(H,17,19)(H,18,20);1H. The average Bonchev–Trinajstić information content (AvgIpc) is 2.43. The van der Waals surface area contributed by atoms with E-state index in [4.69, 9.17) is 11.6 Å². The number of carbonyl (C=O) groups is 2. The third kappa shape index (κ3) is 6.04. The first-order chi connectivity index (χ1) is 10.0. The van der Waals surface area contributed by atoms with E-state index in [0.29, 0.717) is 22.8 Å². The molecule has 1 aliphatic rings. The van der Waals surface area contributed by atoms with E-state index in [1.807, 2.05) is 11.8 Å². The lowest BCUT2D eigenvalue weighted by Gasteiger charge is -2.22. The molecule has 5 nitrogen and oxygen atoms in total. The van der Waals surface area contributed by atoms with E-state index in [1.54, 1.807) is 18.2 Å². The molecule has 0 aromatic heterocycles. The van der Waals surface area contributed by atoms with Gasteiger partial charge in [-0.05, 0) is 18.2 Å². The second-order valence-electron chi connectivity index (χ2n) is 4.85. The molecule has 8 heteroatoms. The average molecular weight is 364 g/mol. The summed E-state index contributed by atoms with van der Waals surface area (Å²) in [6.07, 6.45) is 0.410. The first-order valence-corrected chi connectivity index (χ1v) is 8.26. The van der Waals surface area contributed by atoms with Crippen LogP contribution in [-0.4, -0.2) is 35.9 Å². The van der Waals surface area contributed by atoms with Crippen molar-refractivity contribution < 1.29 is 9.59 Å². The van der Waals surface area contributed by atoms with Gasteiger partial charge in [0, 0.05) is 43.1 Å². The van der Waals surface area contributed by atoms with Crippen LogP contribution in [0.5, 0.6) is 0 Å². The molecule has 0 bridgehead atoms. The van der Waals surface area contributed by atoms with E-state index in [1.165, 1.54) is 6.92 Å². The minimum atomic E-state index is -0.168. The predicted molar refractivity (Wildman–Crippen MR) is 95.4 cm³/mol. The summed E-state index contributed by atoms with van der Waals surface area (Å²) in [6, 6.07) is 5.20. The van der Waals surface area contributed by atoms with E-state index in [9.17, 15) is 9.59 Å². The summed E-state index contributed by atoms with van der Waals surface area (Å²) in [6.45, 7) is 2.36. The fraction of sp³-hybridized carbons (Fsp3) is 0.429. The Labute approximate surface area is 145 Å². The van der Waals surface area contributed by atoms with Crippen molar-refractivity contribution in [3.63, 3.8) is 0 Å². The van der Waals surface area contributed by atoms with Crippen LogP contribution >= 0.6 is 35.8 Å². The van der Waals surface area contributed by atoms with Gasteiger partial charge >= 0.3 is 0 Å². The predicted octanol–water partition coefficient (Wildman–Crippen LogP) is 2.75. The van der Waals surface area contributed by atoms with Gasteiger partial charge in [0.1, 0.15) is 0 Å². The molecule has 1 aliphatic heterocycles. The van der Waals surface area contributed by atoms with Crippen LogP contribution in [0.2, 0.25) is 5.02 Å². The van der Waals surface area contributed by atoms with Crippen molar-refractivity contribution in [1.29, 1.82) is 0 Å². The molecule has 122 valence electrons. The summed E-state index contributed by atoms with van der Waals surface area (Å²) in [5.41, 5.74) is 1.12. The SMILES string of the molecule is CC(=O)Nc1ccc(Cl)c(NC(=O)CC2CSCCN2)c1.Cl.